The number of hydrogen-bond donors (Lipinski definition) is 1. The van der Waals surface area contributed by atoms with Crippen molar-refractivity contribution in [3.8, 4) is 0 Å². The molecule has 0 radical (unpaired) electrons. The highest BCUT2D eigenvalue weighted by atomic mass is 32.2. The summed E-state index contributed by atoms with van der Waals surface area (Å²) in [5.41, 5.74) is 0.971. The molecule has 1 fully saturated rings. The Morgan fingerprint density at radius 1 is 1.00 bits per heavy atom. The largest absolute Gasteiger partial charge is 0.390 e. The van der Waals surface area contributed by atoms with E-state index in [-0.39, 0.29) is 35.7 Å². The fourth-order valence-corrected chi connectivity index (χ4v) is 6.83. The minimum absolute atomic E-state index is 0.00106. The van der Waals surface area contributed by atoms with Gasteiger partial charge in [-0.25, -0.2) is 12.8 Å². The lowest BCUT2D eigenvalue weighted by molar-refractivity contribution is -0.141. The molecule has 1 aliphatic carbocycles. The van der Waals surface area contributed by atoms with E-state index in [9.17, 15) is 22.7 Å². The summed E-state index contributed by atoms with van der Waals surface area (Å²) in [6, 6.07) is 13.8. The second kappa shape index (κ2) is 13.5. The van der Waals surface area contributed by atoms with Gasteiger partial charge in [-0.05, 0) is 61.9 Å². The summed E-state index contributed by atoms with van der Waals surface area (Å²) in [6.45, 7) is 6.19. The van der Waals surface area contributed by atoms with Crippen molar-refractivity contribution in [2.24, 2.45) is 11.8 Å². The van der Waals surface area contributed by atoms with Crippen molar-refractivity contribution in [1.82, 2.24) is 9.21 Å². The summed E-state index contributed by atoms with van der Waals surface area (Å²) in [6.07, 6.45) is 4.19. The Balaban J connectivity index is 1.92. The highest BCUT2D eigenvalue weighted by molar-refractivity contribution is 7.89. The van der Waals surface area contributed by atoms with Crippen LogP contribution in [0.15, 0.2) is 59.5 Å². The van der Waals surface area contributed by atoms with Crippen LogP contribution in [0.2, 0.25) is 0 Å². The van der Waals surface area contributed by atoms with E-state index in [0.29, 0.717) is 13.0 Å². The first-order valence-corrected chi connectivity index (χ1v) is 14.9. The van der Waals surface area contributed by atoms with Crippen LogP contribution in [-0.2, 0) is 21.2 Å². The molecule has 1 N–H and O–H groups in total. The molecule has 0 aromatic heterocycles. The Morgan fingerprint density at radius 3 is 2.19 bits per heavy atom. The van der Waals surface area contributed by atoms with E-state index in [4.69, 9.17) is 0 Å². The molecule has 0 saturated heterocycles. The SMILES string of the molecule is CCN(C(=O)C1CCCCC1)[C@@H](Cc1ccccc1)[C@H](O)CN(CC(C)C)S(=O)(=O)c1ccc(F)cc1. The van der Waals surface area contributed by atoms with Crippen LogP contribution < -0.4 is 0 Å². The Labute approximate surface area is 221 Å². The van der Waals surface area contributed by atoms with E-state index in [1.54, 1.807) is 4.90 Å². The first-order valence-electron chi connectivity index (χ1n) is 13.4. The molecule has 3 rings (SSSR count). The lowest BCUT2D eigenvalue weighted by Gasteiger charge is -2.39. The summed E-state index contributed by atoms with van der Waals surface area (Å²) >= 11 is 0. The number of benzene rings is 2. The monoisotopic (exact) mass is 532 g/mol. The second-order valence-corrected chi connectivity index (χ2v) is 12.4. The topological polar surface area (TPSA) is 77.9 Å². The molecule has 0 spiro atoms. The van der Waals surface area contributed by atoms with Crippen LogP contribution in [0.1, 0.15) is 58.4 Å². The van der Waals surface area contributed by atoms with Crippen LogP contribution in [0, 0.1) is 17.7 Å². The van der Waals surface area contributed by atoms with Crippen molar-refractivity contribution in [1.29, 1.82) is 0 Å². The summed E-state index contributed by atoms with van der Waals surface area (Å²) in [5, 5.41) is 11.6. The maximum absolute atomic E-state index is 13.6. The van der Waals surface area contributed by atoms with E-state index >= 15 is 0 Å². The summed E-state index contributed by atoms with van der Waals surface area (Å²) in [7, 11) is -3.98. The van der Waals surface area contributed by atoms with Gasteiger partial charge in [-0.2, -0.15) is 4.31 Å². The third-order valence-electron chi connectivity index (χ3n) is 7.12. The van der Waals surface area contributed by atoms with Gasteiger partial charge in [-0.15, -0.1) is 0 Å². The smallest absolute Gasteiger partial charge is 0.243 e. The standard InChI is InChI=1S/C29H41FN2O4S/c1-4-32(29(34)24-13-9-6-10-14-24)27(19-23-11-7-5-8-12-23)28(33)21-31(20-22(2)3)37(35,36)26-17-15-25(30)16-18-26/h5,7-8,11-12,15-18,22,24,27-28,33H,4,6,9-10,13-14,19-21H2,1-3H3/t27-,28+/m0/s1. The predicted octanol–water partition coefficient (Wildman–Crippen LogP) is 4.87. The lowest BCUT2D eigenvalue weighted by Crippen LogP contribution is -2.54. The maximum Gasteiger partial charge on any atom is 0.243 e. The van der Waals surface area contributed by atoms with Crippen LogP contribution in [-0.4, -0.2) is 60.4 Å². The van der Waals surface area contributed by atoms with Crippen LogP contribution in [0.5, 0.6) is 0 Å². The van der Waals surface area contributed by atoms with Crippen molar-refractivity contribution in [3.05, 3.63) is 66.0 Å². The number of nitrogens with zero attached hydrogens (tertiary/aromatic N) is 2. The molecule has 37 heavy (non-hydrogen) atoms. The number of carbonyl (C=O) groups excluding carboxylic acids is 1. The molecule has 6 nitrogen and oxygen atoms in total. The summed E-state index contributed by atoms with van der Waals surface area (Å²) in [5.74, 6) is -0.536. The molecule has 2 aromatic carbocycles. The molecule has 1 aliphatic rings. The van der Waals surface area contributed by atoms with Gasteiger partial charge in [0.05, 0.1) is 17.0 Å². The van der Waals surface area contributed by atoms with Crippen molar-refractivity contribution in [2.75, 3.05) is 19.6 Å². The fourth-order valence-electron chi connectivity index (χ4n) is 5.21. The van der Waals surface area contributed by atoms with Gasteiger partial charge in [-0.3, -0.25) is 4.79 Å². The zero-order chi connectivity index (χ0) is 27.0. The molecule has 0 heterocycles. The van der Waals surface area contributed by atoms with E-state index in [0.717, 1.165) is 49.8 Å². The van der Waals surface area contributed by atoms with Gasteiger partial charge < -0.3 is 10.0 Å². The van der Waals surface area contributed by atoms with E-state index in [2.05, 4.69) is 0 Å². The highest BCUT2D eigenvalue weighted by Crippen LogP contribution is 2.28. The summed E-state index contributed by atoms with van der Waals surface area (Å²) in [4.78, 5) is 15.4. The normalized spacial score (nSPS) is 16.6. The lowest BCUT2D eigenvalue weighted by atomic mass is 9.87. The zero-order valence-electron chi connectivity index (χ0n) is 22.2. The van der Waals surface area contributed by atoms with Crippen LogP contribution in [0.3, 0.4) is 0 Å². The third-order valence-corrected chi connectivity index (χ3v) is 8.97. The van der Waals surface area contributed by atoms with Gasteiger partial charge in [0, 0.05) is 25.6 Å². The Bertz CT molecular complexity index is 1090. The first-order chi connectivity index (χ1) is 17.6. The highest BCUT2D eigenvalue weighted by Gasteiger charge is 2.36. The number of carbonyl (C=O) groups is 1. The van der Waals surface area contributed by atoms with Crippen LogP contribution in [0.4, 0.5) is 4.39 Å². The minimum atomic E-state index is -3.98. The van der Waals surface area contributed by atoms with E-state index < -0.39 is 28.0 Å². The molecular weight excluding hydrogens is 491 g/mol. The molecule has 0 aliphatic heterocycles. The Morgan fingerprint density at radius 2 is 1.62 bits per heavy atom. The molecule has 0 unspecified atom stereocenters. The molecule has 1 saturated carbocycles. The quantitative estimate of drug-likeness (QED) is 0.423. The van der Waals surface area contributed by atoms with E-state index in [1.165, 1.54) is 16.4 Å². The number of sulfonamides is 1. The number of aliphatic hydroxyl groups excluding tert-OH is 1. The molecule has 2 aromatic rings. The number of aliphatic hydroxyl groups is 1. The van der Waals surface area contributed by atoms with Crippen molar-refractivity contribution in [3.63, 3.8) is 0 Å². The summed E-state index contributed by atoms with van der Waals surface area (Å²) < 4.78 is 41.8. The fraction of sp³-hybridized carbons (Fsp3) is 0.552. The van der Waals surface area contributed by atoms with Gasteiger partial charge >= 0.3 is 0 Å². The Hall–Kier alpha value is -2.29. The number of halogens is 1. The molecule has 2 atom stereocenters. The van der Waals surface area contributed by atoms with Crippen molar-refractivity contribution < 1.29 is 22.7 Å². The van der Waals surface area contributed by atoms with Gasteiger partial charge in [0.1, 0.15) is 5.82 Å². The molecule has 204 valence electrons. The van der Waals surface area contributed by atoms with Crippen molar-refractivity contribution >= 4 is 15.9 Å². The third kappa shape index (κ3) is 7.85. The molecule has 8 heteroatoms. The molecular formula is C29H41FN2O4S. The number of hydrogen-bond acceptors (Lipinski definition) is 4. The van der Waals surface area contributed by atoms with E-state index in [1.807, 2.05) is 51.1 Å². The molecule has 0 bridgehead atoms. The number of likely N-dealkylation sites (N-methyl/N-ethyl adjacent to an activating group) is 1. The predicted molar refractivity (Wildman–Crippen MR) is 144 cm³/mol. The van der Waals surface area contributed by atoms with Gasteiger partial charge in [-0.1, -0.05) is 63.4 Å². The van der Waals surface area contributed by atoms with Gasteiger partial charge in [0.25, 0.3) is 0 Å². The zero-order valence-corrected chi connectivity index (χ0v) is 23.0. The van der Waals surface area contributed by atoms with Gasteiger partial charge in [0.15, 0.2) is 0 Å². The van der Waals surface area contributed by atoms with Crippen LogP contribution >= 0.6 is 0 Å². The first kappa shape index (κ1) is 29.3. The average Bonchev–Trinajstić information content (AvgIpc) is 2.89. The van der Waals surface area contributed by atoms with Crippen molar-refractivity contribution in [2.45, 2.75) is 76.3 Å². The minimum Gasteiger partial charge on any atom is -0.390 e. The average molecular weight is 533 g/mol. The maximum atomic E-state index is 13.6. The van der Waals surface area contributed by atoms with Crippen LogP contribution in [0.25, 0.3) is 0 Å². The number of amides is 1. The molecule has 1 amide bonds. The number of rotatable bonds is 12. The second-order valence-electron chi connectivity index (χ2n) is 10.5. The van der Waals surface area contributed by atoms with Gasteiger partial charge in [0.2, 0.25) is 15.9 Å². The Kier molecular flexibility index (Phi) is 10.7.